The van der Waals surface area contributed by atoms with E-state index in [0.717, 1.165) is 31.5 Å². The highest BCUT2D eigenvalue weighted by atomic mass is 32.2. The monoisotopic (exact) mass is 673 g/mol. The van der Waals surface area contributed by atoms with E-state index in [9.17, 15) is 20.1 Å². The van der Waals surface area contributed by atoms with Gasteiger partial charge in [0.1, 0.15) is 35.9 Å². The fourth-order valence-corrected chi connectivity index (χ4v) is 8.45. The normalized spacial score (nSPS) is 35.6. The molecule has 4 aliphatic heterocycles. The first-order valence-electron chi connectivity index (χ1n) is 16.4. The zero-order valence-electron chi connectivity index (χ0n) is 26.7. The second-order valence-electron chi connectivity index (χ2n) is 13.2. The summed E-state index contributed by atoms with van der Waals surface area (Å²) in [5.41, 5.74) is 0.738. The summed E-state index contributed by atoms with van der Waals surface area (Å²) in [6, 6.07) is 8.56. The molecule has 2 bridgehead atoms. The number of rotatable bonds is 6. The number of carbonyl (C=O) groups excluding carboxylic acids is 1. The number of allylic oxidation sites excluding steroid dienone is 1. The van der Waals surface area contributed by atoms with Crippen LogP contribution in [0, 0.1) is 17.8 Å². The van der Waals surface area contributed by atoms with Gasteiger partial charge in [0.15, 0.2) is 0 Å². The smallest absolute Gasteiger partial charge is 0.290 e. The molecular weight excluding hydrogens is 626 g/mol. The minimum absolute atomic E-state index is 0.203. The summed E-state index contributed by atoms with van der Waals surface area (Å²) in [6.45, 7) is 5.61. The van der Waals surface area contributed by atoms with Crippen LogP contribution in [0.2, 0.25) is 0 Å². The first-order valence-corrected chi connectivity index (χ1v) is 17.3. The number of carbonyl (C=O) groups is 2. The topological polar surface area (TPSA) is 188 Å². The molecule has 0 radical (unpaired) electrons. The first-order chi connectivity index (χ1) is 22.7. The highest BCUT2D eigenvalue weighted by molar-refractivity contribution is 8.00. The number of fused-ring (bicyclic) bond motifs is 3. The van der Waals surface area contributed by atoms with E-state index in [-0.39, 0.29) is 29.7 Å². The lowest BCUT2D eigenvalue weighted by Crippen LogP contribution is -2.64. The van der Waals surface area contributed by atoms with Crippen molar-refractivity contribution in [3.8, 4) is 5.69 Å². The number of hydrogen-bond donors (Lipinski definition) is 6. The fraction of sp³-hybridized carbons (Fsp3) is 0.636. The van der Waals surface area contributed by atoms with Gasteiger partial charge < -0.3 is 40.5 Å². The maximum atomic E-state index is 13.7. The van der Waals surface area contributed by atoms with Crippen LogP contribution in [0.4, 0.5) is 0 Å². The number of nitrogens with one attached hydrogen (secondary N) is 2. The van der Waals surface area contributed by atoms with Crippen molar-refractivity contribution in [2.75, 3.05) is 13.2 Å². The van der Waals surface area contributed by atoms with Crippen molar-refractivity contribution in [1.82, 2.24) is 25.6 Å². The van der Waals surface area contributed by atoms with Gasteiger partial charge in [-0.3, -0.25) is 9.59 Å². The van der Waals surface area contributed by atoms with Crippen LogP contribution < -0.4 is 10.6 Å². The third-order valence-electron chi connectivity index (χ3n) is 9.35. The van der Waals surface area contributed by atoms with Crippen LogP contribution in [0.5, 0.6) is 0 Å². The molecule has 4 aliphatic rings. The molecule has 0 unspecified atom stereocenters. The highest BCUT2D eigenvalue weighted by Crippen LogP contribution is 2.41. The summed E-state index contributed by atoms with van der Waals surface area (Å²) in [5, 5.41) is 54.7. The van der Waals surface area contributed by atoms with Gasteiger partial charge >= 0.3 is 0 Å². The van der Waals surface area contributed by atoms with Crippen molar-refractivity contribution >= 4 is 24.1 Å². The van der Waals surface area contributed by atoms with Gasteiger partial charge in [0, 0.05) is 13.2 Å². The molecule has 0 spiro atoms. The molecule has 258 valence electrons. The fourth-order valence-electron chi connectivity index (χ4n) is 7.14. The van der Waals surface area contributed by atoms with Gasteiger partial charge in [-0.2, -0.15) is 0 Å². The number of benzene rings is 1. The molecule has 14 heteroatoms. The second kappa shape index (κ2) is 16.5. The standard InChI is InChI=1S/C32H45N5O6S.CH2O2/c1-18(2)14-19-12-13-42-29-20(15-19)16-33-25(29)31(41)34-22-10-6-7-11-24(44-32-28(40)26(38)27(39)30(22)43-32)23-17-37(36-35-23)21-8-4-3-5-9-21;2-1-3/h3-9,17-20,22,24-30,32-33,38-40H,10-16H2,1-2H3,(H,34,41);1H,(H,2,3)/t19-,20-,22+,24-,25-,26-,27+,28+,29+,30+,32+;/m0./s1. The lowest BCUT2D eigenvalue weighted by atomic mass is 9.85. The molecule has 13 nitrogen and oxygen atoms in total. The molecule has 0 saturated carbocycles. The molecule has 6 rings (SSSR count). The van der Waals surface area contributed by atoms with Crippen molar-refractivity contribution in [2.24, 2.45) is 17.8 Å². The number of hydrogen-bond acceptors (Lipinski definition) is 11. The summed E-state index contributed by atoms with van der Waals surface area (Å²) in [6.07, 6.45) is 4.75. The Balaban J connectivity index is 0.00000139. The maximum Gasteiger partial charge on any atom is 0.290 e. The third kappa shape index (κ3) is 8.60. The quantitative estimate of drug-likeness (QED) is 0.193. The zero-order valence-corrected chi connectivity index (χ0v) is 27.6. The van der Waals surface area contributed by atoms with E-state index < -0.39 is 41.9 Å². The Labute approximate surface area is 279 Å². The summed E-state index contributed by atoms with van der Waals surface area (Å²) >= 11 is 1.33. The van der Waals surface area contributed by atoms with Crippen molar-refractivity contribution in [2.45, 2.75) is 99.2 Å². The van der Waals surface area contributed by atoms with Gasteiger partial charge in [-0.15, -0.1) is 16.9 Å². The highest BCUT2D eigenvalue weighted by Gasteiger charge is 2.49. The maximum absolute atomic E-state index is 13.7. The van der Waals surface area contributed by atoms with E-state index in [1.807, 2.05) is 48.7 Å². The molecular formula is C33H47N5O8S. The average Bonchev–Trinajstić information content (AvgIpc) is 3.66. The van der Waals surface area contributed by atoms with Crippen LogP contribution in [0.3, 0.4) is 0 Å². The third-order valence-corrected chi connectivity index (χ3v) is 10.8. The molecule has 1 amide bonds. The van der Waals surface area contributed by atoms with Gasteiger partial charge in [-0.05, 0) is 62.0 Å². The average molecular weight is 674 g/mol. The number of amides is 1. The van der Waals surface area contributed by atoms with E-state index in [0.29, 0.717) is 37.0 Å². The number of thioether (sulfide) groups is 1. The predicted molar refractivity (Wildman–Crippen MR) is 175 cm³/mol. The predicted octanol–water partition coefficient (Wildman–Crippen LogP) is 1.81. The van der Waals surface area contributed by atoms with Crippen LogP contribution in [0.15, 0.2) is 48.7 Å². The molecule has 11 atom stereocenters. The minimum Gasteiger partial charge on any atom is -0.483 e. The van der Waals surface area contributed by atoms with E-state index in [4.69, 9.17) is 19.4 Å². The Morgan fingerprint density at radius 1 is 1.13 bits per heavy atom. The molecule has 3 saturated heterocycles. The molecule has 47 heavy (non-hydrogen) atoms. The van der Waals surface area contributed by atoms with Crippen LogP contribution in [-0.4, -0.2) is 109 Å². The largest absolute Gasteiger partial charge is 0.483 e. The molecule has 3 fully saturated rings. The Morgan fingerprint density at radius 3 is 2.62 bits per heavy atom. The van der Waals surface area contributed by atoms with E-state index >= 15 is 0 Å². The van der Waals surface area contributed by atoms with Crippen LogP contribution in [0.1, 0.15) is 56.9 Å². The summed E-state index contributed by atoms with van der Waals surface area (Å²) < 4.78 is 14.3. The van der Waals surface area contributed by atoms with Gasteiger partial charge in [-0.1, -0.05) is 49.4 Å². The Kier molecular flexibility index (Phi) is 12.5. The number of aliphatic hydroxyl groups is 3. The molecule has 6 N–H and O–H groups in total. The molecule has 2 aromatic rings. The van der Waals surface area contributed by atoms with Gasteiger partial charge in [-0.25, -0.2) is 4.68 Å². The number of para-hydroxylation sites is 1. The number of aromatic nitrogens is 3. The van der Waals surface area contributed by atoms with Gasteiger partial charge in [0.05, 0.1) is 35.0 Å². The summed E-state index contributed by atoms with van der Waals surface area (Å²) in [4.78, 5) is 22.1. The lowest BCUT2D eigenvalue weighted by Gasteiger charge is -2.44. The van der Waals surface area contributed by atoms with Gasteiger partial charge in [0.2, 0.25) is 5.91 Å². The second-order valence-corrected chi connectivity index (χ2v) is 14.5. The SMILES string of the molecule is CC(C)C[C@@H]1CCO[C@@H]2[C@H](CN[C@@H]2C(=O)N[C@@H]2CC=CC[C@@H](c3cn(-c4ccccc4)nn3)S[C@H]3O[C@H]2[C@H](O)[C@H](O)[C@H]3O)C1.O=CO. The zero-order chi connectivity index (χ0) is 33.5. The van der Waals surface area contributed by atoms with Crippen molar-refractivity contribution in [1.29, 1.82) is 0 Å². The summed E-state index contributed by atoms with van der Waals surface area (Å²) in [7, 11) is 0. The number of ether oxygens (including phenoxy) is 2. The van der Waals surface area contributed by atoms with Crippen molar-refractivity contribution in [3.05, 3.63) is 54.4 Å². The van der Waals surface area contributed by atoms with E-state index in [2.05, 4.69) is 34.8 Å². The molecule has 1 aromatic carbocycles. The van der Waals surface area contributed by atoms with Crippen molar-refractivity contribution in [3.63, 3.8) is 0 Å². The number of nitrogens with zero attached hydrogens (tertiary/aromatic N) is 3. The van der Waals surface area contributed by atoms with Crippen LogP contribution in [-0.2, 0) is 19.1 Å². The molecule has 5 heterocycles. The summed E-state index contributed by atoms with van der Waals surface area (Å²) in [5.74, 6) is 1.29. The van der Waals surface area contributed by atoms with Crippen LogP contribution in [0.25, 0.3) is 5.69 Å². The Morgan fingerprint density at radius 2 is 1.87 bits per heavy atom. The number of carboxylic acid groups (broad SMARTS) is 1. The Hall–Kier alpha value is -2.85. The minimum atomic E-state index is -1.44. The van der Waals surface area contributed by atoms with Crippen molar-refractivity contribution < 1.29 is 39.5 Å². The van der Waals surface area contributed by atoms with Gasteiger partial charge in [0.25, 0.3) is 6.47 Å². The van der Waals surface area contributed by atoms with E-state index in [1.54, 1.807) is 4.68 Å². The van der Waals surface area contributed by atoms with E-state index in [1.165, 1.54) is 11.8 Å². The van der Waals surface area contributed by atoms with Crippen LogP contribution >= 0.6 is 11.8 Å². The molecule has 0 aliphatic carbocycles. The number of aliphatic hydroxyl groups excluding tert-OH is 3. The lowest BCUT2D eigenvalue weighted by molar-refractivity contribution is -0.205. The first kappa shape index (κ1) is 35.5. The molecule has 1 aromatic heterocycles. The Bertz CT molecular complexity index is 1330.